The molecule has 0 unspecified atom stereocenters. The van der Waals surface area contributed by atoms with Gasteiger partial charge in [0.15, 0.2) is 0 Å². The Morgan fingerprint density at radius 2 is 0.473 bits per heavy atom. The summed E-state index contributed by atoms with van der Waals surface area (Å²) in [4.78, 5) is 1.13. The molecule has 0 amide bonds. The normalized spacial score (nSPS) is 13.7. The Bertz CT molecular complexity index is 4830. The molecule has 0 saturated carbocycles. The summed E-state index contributed by atoms with van der Waals surface area (Å²) in [6.07, 6.45) is 0. The van der Waals surface area contributed by atoms with Gasteiger partial charge in [-0.3, -0.25) is 0 Å². The predicted molar refractivity (Wildman–Crippen MR) is 425 cm³/mol. The molecular weight excluding hydrogens is 1080 g/mol. The SMILES string of the molecule is [B]c1c([B])c([B])c(-c2c([B])c([B])c(N(c3c([B])c([B])c(-c4cccc5c4-c4ccccc4C54c5c([B])c([B])c([B])c([B])c5-c5c([B])c([B])c([B])c([B])c54)c([B])c3[B])c3c([B])c([B])c4c(c3[B])C(C([B])([B])[B])(C([B])([B])[B])c3c([B])c([B])c([B])c([B])c3-4)c([B])c2[B])c([B])c1[B]. The Balaban J connectivity index is 1.23. The molecule has 3 aliphatic carbocycles. The molecule has 9 aromatic carbocycles. The van der Waals surface area contributed by atoms with Gasteiger partial charge in [0.2, 0.25) is 0 Å². The summed E-state index contributed by atoms with van der Waals surface area (Å²) in [6.45, 7) is 0. The van der Waals surface area contributed by atoms with Crippen molar-refractivity contribution in [3.8, 4) is 55.6 Å². The zero-order chi connectivity index (χ0) is 68.7. The number of fused-ring (bicyclic) bond motifs is 13. The lowest BCUT2D eigenvalue weighted by atomic mass is 9.17. The van der Waals surface area contributed by atoms with Crippen molar-refractivity contribution in [2.24, 2.45) is 0 Å². The Hall–Kier alpha value is -5.01. The van der Waals surface area contributed by atoms with E-state index in [0.717, 1.165) is 4.90 Å². The van der Waals surface area contributed by atoms with Crippen LogP contribution in [0.2, 0.25) is 10.2 Å². The molecule has 0 atom stereocenters. The van der Waals surface area contributed by atoms with E-state index in [1.807, 2.05) is 24.3 Å². The van der Waals surface area contributed by atoms with Gasteiger partial charge < -0.3 is 4.90 Å². The average molecular weight is 1090 g/mol. The maximum atomic E-state index is 7.61. The fourth-order valence-corrected chi connectivity index (χ4v) is 14.8. The monoisotopic (exact) mass is 1090 g/mol. The second-order valence-electron chi connectivity index (χ2n) is 23.7. The van der Waals surface area contributed by atoms with Crippen LogP contribution in [0.25, 0.3) is 55.6 Å². The third-order valence-corrected chi connectivity index (χ3v) is 19.1. The Kier molecular flexibility index (Phi) is 16.3. The van der Waals surface area contributed by atoms with Gasteiger partial charge in [-0.15, -0.1) is 59.4 Å². The zero-order valence-corrected chi connectivity index (χ0v) is 49.6. The van der Waals surface area contributed by atoms with Crippen molar-refractivity contribution in [3.05, 3.63) is 75.8 Å². The second kappa shape index (κ2) is 22.3. The molecule has 93 heavy (non-hydrogen) atoms. The maximum absolute atomic E-state index is 7.61. The van der Waals surface area contributed by atoms with E-state index >= 15 is 0 Å². The van der Waals surface area contributed by atoms with Crippen LogP contribution < -0.4 is 158 Å². The van der Waals surface area contributed by atoms with Crippen molar-refractivity contribution in [2.45, 2.75) is 21.1 Å². The van der Waals surface area contributed by atoms with E-state index in [9.17, 15) is 0 Å². The molecule has 35 heteroatoms. The van der Waals surface area contributed by atoms with Crippen LogP contribution in [-0.4, -0.2) is 267 Å². The third kappa shape index (κ3) is 8.37. The molecule has 12 rings (SSSR count). The molecule has 0 N–H and O–H groups in total. The van der Waals surface area contributed by atoms with Crippen LogP contribution in [0, 0.1) is 0 Å². The van der Waals surface area contributed by atoms with Crippen LogP contribution in [0.4, 0.5) is 17.1 Å². The second-order valence-corrected chi connectivity index (χ2v) is 23.7. The molecule has 9 aromatic rings. The smallest absolute Gasteiger partial charge is 0.117 e. The fraction of sp³-hybridized carbons (Fsp3) is 0.0690. The Labute approximate surface area is 589 Å². The number of hydrogen-bond acceptors (Lipinski definition) is 1. The molecule has 0 bridgehead atoms. The lowest BCUT2D eigenvalue weighted by Crippen LogP contribution is -2.59. The first-order chi connectivity index (χ1) is 43.2. The number of rotatable bonds is 7. The fourth-order valence-electron chi connectivity index (χ4n) is 14.8. The Morgan fingerprint density at radius 1 is 0.215 bits per heavy atom. The Morgan fingerprint density at radius 3 is 0.860 bits per heavy atom. The first-order valence-corrected chi connectivity index (χ1v) is 27.8. The highest BCUT2D eigenvalue weighted by atomic mass is 15.2. The van der Waals surface area contributed by atoms with Crippen LogP contribution in [0.3, 0.4) is 0 Å². The largest absolute Gasteiger partial charge is 0.314 e. The van der Waals surface area contributed by atoms with Crippen molar-refractivity contribution < 1.29 is 0 Å². The minimum Gasteiger partial charge on any atom is -0.314 e. The highest BCUT2D eigenvalue weighted by Gasteiger charge is 2.58. The zero-order valence-electron chi connectivity index (χ0n) is 49.6. The molecule has 0 fully saturated rings. The van der Waals surface area contributed by atoms with Gasteiger partial charge in [0.25, 0.3) is 0 Å². The van der Waals surface area contributed by atoms with Gasteiger partial charge in [-0.05, 0) is 94.4 Å². The highest BCUT2D eigenvalue weighted by molar-refractivity contribution is 6.75. The van der Waals surface area contributed by atoms with Crippen molar-refractivity contribution in [2.75, 3.05) is 4.90 Å². The number of nitrogens with zero attached hydrogens (tertiary/aromatic N) is 1. The number of benzene rings is 9. The lowest BCUT2D eigenvalue weighted by molar-refractivity contribution is 0.540. The minimum atomic E-state index is -2.73. The number of hydrogen-bond donors (Lipinski definition) is 0. The van der Waals surface area contributed by atoms with Crippen molar-refractivity contribution >= 4 is 437 Å². The van der Waals surface area contributed by atoms with E-state index in [-0.39, 0.29) is 159 Å². The van der Waals surface area contributed by atoms with Gasteiger partial charge in [0, 0.05) is 17.1 Å². The van der Waals surface area contributed by atoms with E-state index < -0.39 is 70.7 Å². The minimum absolute atomic E-state index is 0.0160. The summed E-state index contributed by atoms with van der Waals surface area (Å²) in [6, 6.07) is 12.6. The van der Waals surface area contributed by atoms with Gasteiger partial charge in [0.1, 0.15) is 220 Å². The van der Waals surface area contributed by atoms with Crippen LogP contribution in [0.1, 0.15) is 33.4 Å². The molecule has 0 saturated heterocycles. The lowest BCUT2D eigenvalue weighted by Gasteiger charge is -2.58. The molecular formula is C58H7B34N. The van der Waals surface area contributed by atoms with E-state index in [1.54, 1.807) is 18.2 Å². The predicted octanol–water partition coefficient (Wildman–Crippen LogP) is -21.5. The van der Waals surface area contributed by atoms with Gasteiger partial charge in [0.05, 0.1) is 52.5 Å². The van der Waals surface area contributed by atoms with Crippen LogP contribution >= 0.6 is 0 Å². The van der Waals surface area contributed by atoms with E-state index in [4.69, 9.17) is 267 Å². The molecule has 0 heterocycles. The molecule has 1 spiro atoms. The standard InChI is InChI=1S/C58H7B34N/c59-24-13(9-5-3-7-11-12(9)8-4-1-2-6-10(8)55(11)20-14(26(61)38(73)43(78)34(20)69)15-21(55)35(70)44(79)39(74)27(15)62)25(60)48(83)53(47(24)82)93(54-50(85)32(67)19(33(68)51(54)86)18-30(65)41(76)46(81)42(77)31(18)66)52-37(72)23-17(29(64)49(52)84)16-22(36(71)45(80)40(75)28(16)63)56(23,57(87,88)89)58(90,91)92/h1-7H. The summed E-state index contributed by atoms with van der Waals surface area (Å²) in [5.41, 5.74) is -8.97. The first kappa shape index (κ1) is 67.9. The molecule has 346 valence electrons. The average Bonchev–Trinajstić information content (AvgIpc) is 1.51. The molecule has 0 aliphatic heterocycles. The maximum Gasteiger partial charge on any atom is 0.117 e. The van der Waals surface area contributed by atoms with E-state index in [0.29, 0.717) is 50.1 Å². The highest BCUT2D eigenvalue weighted by Crippen LogP contribution is 2.64. The quantitative estimate of drug-likeness (QED) is 0.144. The van der Waals surface area contributed by atoms with E-state index in [1.165, 1.54) is 0 Å². The summed E-state index contributed by atoms with van der Waals surface area (Å²) in [7, 11) is 236. The van der Waals surface area contributed by atoms with Crippen LogP contribution in [0.15, 0.2) is 42.5 Å². The van der Waals surface area contributed by atoms with Crippen LogP contribution in [-0.2, 0) is 10.8 Å². The van der Waals surface area contributed by atoms with Crippen molar-refractivity contribution in [3.63, 3.8) is 0 Å². The van der Waals surface area contributed by atoms with Crippen molar-refractivity contribution in [1.29, 1.82) is 0 Å². The summed E-state index contributed by atoms with van der Waals surface area (Å²) in [5.74, 6) is 0. The molecule has 0 aromatic heterocycles. The molecule has 3 aliphatic rings. The number of anilines is 3. The molecule has 68 radical (unpaired) electrons. The van der Waals surface area contributed by atoms with Gasteiger partial charge in [-0.2, -0.15) is 0 Å². The van der Waals surface area contributed by atoms with Crippen molar-refractivity contribution in [1.82, 2.24) is 0 Å². The summed E-state index contributed by atoms with van der Waals surface area (Å²) >= 11 is 0. The first-order valence-electron chi connectivity index (χ1n) is 27.8. The van der Waals surface area contributed by atoms with Gasteiger partial charge in [-0.25, -0.2) is 0 Å². The van der Waals surface area contributed by atoms with E-state index in [2.05, 4.69) is 0 Å². The summed E-state index contributed by atoms with van der Waals surface area (Å²) in [5, 5.41) is -5.46. The van der Waals surface area contributed by atoms with Gasteiger partial charge in [-0.1, -0.05) is 146 Å². The topological polar surface area (TPSA) is 3.24 Å². The van der Waals surface area contributed by atoms with Crippen LogP contribution in [0.5, 0.6) is 0 Å². The molecule has 1 nitrogen and oxygen atoms in total. The summed E-state index contributed by atoms with van der Waals surface area (Å²) < 4.78 is 0. The van der Waals surface area contributed by atoms with Gasteiger partial charge >= 0.3 is 0 Å². The third-order valence-electron chi connectivity index (χ3n) is 19.1.